The van der Waals surface area contributed by atoms with E-state index < -0.39 is 0 Å². The summed E-state index contributed by atoms with van der Waals surface area (Å²) in [4.78, 5) is 31.4. The van der Waals surface area contributed by atoms with Crippen LogP contribution in [0.5, 0.6) is 11.5 Å². The van der Waals surface area contributed by atoms with Gasteiger partial charge in [0.05, 0.1) is 12.2 Å². The van der Waals surface area contributed by atoms with Gasteiger partial charge in [-0.25, -0.2) is 0 Å². The number of benzene rings is 4. The molecule has 218 valence electrons. The second kappa shape index (κ2) is 14.9. The molecule has 0 heterocycles. The Hall–Kier alpha value is -4.58. The van der Waals surface area contributed by atoms with Crippen LogP contribution in [-0.2, 0) is 0 Å². The van der Waals surface area contributed by atoms with E-state index in [2.05, 4.69) is 13.8 Å². The first-order valence-electron chi connectivity index (χ1n) is 14.7. The van der Waals surface area contributed by atoms with Crippen molar-refractivity contribution in [1.82, 2.24) is 0 Å². The van der Waals surface area contributed by atoms with Gasteiger partial charge in [-0.3, -0.25) is 9.59 Å². The Labute approximate surface area is 249 Å². The molecule has 6 heteroatoms. The van der Waals surface area contributed by atoms with Gasteiger partial charge in [0.15, 0.2) is 0 Å². The van der Waals surface area contributed by atoms with Gasteiger partial charge in [-0.2, -0.15) is 0 Å². The first-order chi connectivity index (χ1) is 20.4. The molecular formula is C36H40N2O4. The Balaban J connectivity index is 1.63. The number of hydrogen-bond acceptors (Lipinski definition) is 4. The van der Waals surface area contributed by atoms with Gasteiger partial charge in [-0.15, -0.1) is 0 Å². The summed E-state index contributed by atoms with van der Waals surface area (Å²) in [6, 6.07) is 33.6. The van der Waals surface area contributed by atoms with Crippen LogP contribution in [0.3, 0.4) is 0 Å². The van der Waals surface area contributed by atoms with Crippen LogP contribution in [0.25, 0.3) is 0 Å². The average molecular weight is 565 g/mol. The molecule has 0 spiro atoms. The maximum absolute atomic E-state index is 14.0. The van der Waals surface area contributed by atoms with Crippen molar-refractivity contribution in [3.8, 4) is 11.5 Å². The van der Waals surface area contributed by atoms with Crippen LogP contribution in [0.2, 0.25) is 0 Å². The zero-order chi connectivity index (χ0) is 29.9. The van der Waals surface area contributed by atoms with Crippen LogP contribution in [0.15, 0.2) is 109 Å². The molecular weight excluding hydrogens is 524 g/mol. The van der Waals surface area contributed by atoms with Gasteiger partial charge in [0, 0.05) is 35.6 Å². The predicted octanol–water partition coefficient (Wildman–Crippen LogP) is 8.04. The van der Waals surface area contributed by atoms with Gasteiger partial charge in [0.1, 0.15) is 11.5 Å². The van der Waals surface area contributed by atoms with Crippen LogP contribution in [-0.4, -0.2) is 37.1 Å². The molecule has 42 heavy (non-hydrogen) atoms. The number of rotatable bonds is 13. The molecule has 2 atom stereocenters. The third-order valence-electron chi connectivity index (χ3n) is 7.16. The molecule has 0 radical (unpaired) electrons. The minimum absolute atomic E-state index is 0.0418. The molecule has 4 aromatic carbocycles. The second-order valence-electron chi connectivity index (χ2n) is 10.3. The molecule has 0 aromatic heterocycles. The molecule has 0 aliphatic carbocycles. The summed E-state index contributed by atoms with van der Waals surface area (Å²) in [7, 11) is 0. The molecule has 0 fully saturated rings. The summed E-state index contributed by atoms with van der Waals surface area (Å²) < 4.78 is 12.0. The highest BCUT2D eigenvalue weighted by Crippen LogP contribution is 2.24. The highest BCUT2D eigenvalue weighted by Gasteiger charge is 2.23. The van der Waals surface area contributed by atoms with Crippen molar-refractivity contribution in [2.75, 3.05) is 22.9 Å². The van der Waals surface area contributed by atoms with E-state index in [1.165, 1.54) is 0 Å². The van der Waals surface area contributed by atoms with E-state index in [0.29, 0.717) is 22.6 Å². The minimum atomic E-state index is -0.166. The summed E-state index contributed by atoms with van der Waals surface area (Å²) in [5.41, 5.74) is 2.54. The monoisotopic (exact) mass is 564 g/mol. The quantitative estimate of drug-likeness (QED) is 0.165. The molecule has 0 bridgehead atoms. The number of hydrogen-bond donors (Lipinski definition) is 0. The molecule has 0 saturated heterocycles. The fourth-order valence-corrected chi connectivity index (χ4v) is 4.46. The van der Waals surface area contributed by atoms with Gasteiger partial charge in [0.25, 0.3) is 11.8 Å². The molecule has 0 saturated carbocycles. The number of anilines is 2. The topological polar surface area (TPSA) is 59.1 Å². The van der Waals surface area contributed by atoms with E-state index in [1.807, 2.05) is 98.8 Å². The van der Waals surface area contributed by atoms with Crippen LogP contribution in [0, 0.1) is 0 Å². The fourth-order valence-electron chi connectivity index (χ4n) is 4.46. The lowest BCUT2D eigenvalue weighted by molar-refractivity contribution is 0.0967. The molecule has 0 aliphatic heterocycles. The number of para-hydroxylation sites is 2. The van der Waals surface area contributed by atoms with Crippen molar-refractivity contribution < 1.29 is 19.1 Å². The summed E-state index contributed by atoms with van der Waals surface area (Å²) in [6.45, 7) is 8.70. The summed E-state index contributed by atoms with van der Waals surface area (Å²) in [5.74, 6) is 0.980. The number of ether oxygens (including phenoxy) is 2. The zero-order valence-corrected chi connectivity index (χ0v) is 24.9. The van der Waals surface area contributed by atoms with Crippen molar-refractivity contribution in [1.29, 1.82) is 0 Å². The fraction of sp³-hybridized carbons (Fsp3) is 0.278. The largest absolute Gasteiger partial charge is 0.491 e. The first-order valence-corrected chi connectivity index (χ1v) is 14.7. The van der Waals surface area contributed by atoms with E-state index in [1.54, 1.807) is 34.1 Å². The van der Waals surface area contributed by atoms with E-state index in [0.717, 1.165) is 24.2 Å². The van der Waals surface area contributed by atoms with Gasteiger partial charge < -0.3 is 19.3 Å². The lowest BCUT2D eigenvalue weighted by Gasteiger charge is -2.29. The highest BCUT2D eigenvalue weighted by atomic mass is 16.5. The Kier molecular flexibility index (Phi) is 10.8. The Bertz CT molecular complexity index is 1330. The summed E-state index contributed by atoms with van der Waals surface area (Å²) in [5, 5.41) is 0. The molecule has 2 amide bonds. The Morgan fingerprint density at radius 1 is 0.571 bits per heavy atom. The van der Waals surface area contributed by atoms with Crippen LogP contribution in [0.1, 0.15) is 61.3 Å². The maximum atomic E-state index is 14.0. The van der Waals surface area contributed by atoms with Crippen LogP contribution < -0.4 is 19.3 Å². The van der Waals surface area contributed by atoms with Crippen LogP contribution >= 0.6 is 0 Å². The number of nitrogens with zero attached hydrogens (tertiary/aromatic N) is 2. The van der Waals surface area contributed by atoms with Gasteiger partial charge >= 0.3 is 0 Å². The number of carbonyl (C=O) groups is 2. The van der Waals surface area contributed by atoms with E-state index in [4.69, 9.17) is 9.47 Å². The van der Waals surface area contributed by atoms with E-state index in [-0.39, 0.29) is 37.1 Å². The third kappa shape index (κ3) is 8.00. The summed E-state index contributed by atoms with van der Waals surface area (Å²) >= 11 is 0. The highest BCUT2D eigenvalue weighted by molar-refractivity contribution is 6.08. The van der Waals surface area contributed by atoms with Crippen molar-refractivity contribution in [2.45, 2.75) is 52.7 Å². The first kappa shape index (κ1) is 30.4. The lowest BCUT2D eigenvalue weighted by Crippen LogP contribution is -2.41. The number of carbonyl (C=O) groups excluding carboxylic acids is 2. The van der Waals surface area contributed by atoms with Gasteiger partial charge in [-0.05, 0) is 87.4 Å². The number of amides is 2. The predicted molar refractivity (Wildman–Crippen MR) is 170 cm³/mol. The molecule has 4 rings (SSSR count). The van der Waals surface area contributed by atoms with Crippen molar-refractivity contribution >= 4 is 23.2 Å². The van der Waals surface area contributed by atoms with Crippen molar-refractivity contribution in [3.63, 3.8) is 0 Å². The maximum Gasteiger partial charge on any atom is 0.258 e. The van der Waals surface area contributed by atoms with Gasteiger partial charge in [0.2, 0.25) is 0 Å². The standard InChI is InChI=1S/C36H40N2O4/c1-5-27(3)41-33-21-13-15-29(25-33)35(39)37(31-17-9-7-10-18-31)23-24-38(32-19-11-8-12-20-32)36(40)30-16-14-22-34(26-30)42-28(4)6-2/h7-22,25-28H,5-6,23-24H2,1-4H3. The average Bonchev–Trinajstić information content (AvgIpc) is 3.03. The molecule has 2 unspecified atom stereocenters. The van der Waals surface area contributed by atoms with E-state index in [9.17, 15) is 9.59 Å². The summed E-state index contributed by atoms with van der Waals surface area (Å²) in [6.07, 6.45) is 1.81. The SMILES string of the molecule is CCC(C)Oc1cccc(C(=O)N(CCN(C(=O)c2cccc(OC(C)CC)c2)c2ccccc2)c2ccccc2)c1. The van der Waals surface area contributed by atoms with Crippen LogP contribution in [0.4, 0.5) is 11.4 Å². The van der Waals surface area contributed by atoms with Gasteiger partial charge in [-0.1, -0.05) is 62.4 Å². The smallest absolute Gasteiger partial charge is 0.258 e. The second-order valence-corrected chi connectivity index (χ2v) is 10.3. The Morgan fingerprint density at radius 2 is 0.952 bits per heavy atom. The Morgan fingerprint density at radius 3 is 1.31 bits per heavy atom. The zero-order valence-electron chi connectivity index (χ0n) is 24.9. The normalized spacial score (nSPS) is 12.2. The molecule has 0 N–H and O–H groups in total. The van der Waals surface area contributed by atoms with E-state index >= 15 is 0 Å². The third-order valence-corrected chi connectivity index (χ3v) is 7.16. The lowest BCUT2D eigenvalue weighted by atomic mass is 10.1. The van der Waals surface area contributed by atoms with Crippen molar-refractivity contribution in [2.24, 2.45) is 0 Å². The molecule has 4 aromatic rings. The van der Waals surface area contributed by atoms with Crippen molar-refractivity contribution in [3.05, 3.63) is 120 Å². The molecule has 6 nitrogen and oxygen atoms in total. The molecule has 0 aliphatic rings. The minimum Gasteiger partial charge on any atom is -0.491 e.